The Hall–Kier alpha value is -3.91. The molecule has 8 nitrogen and oxygen atoms in total. The topological polar surface area (TPSA) is 98.2 Å². The normalized spacial score (nSPS) is 14.8. The maximum Gasteiger partial charge on any atom is 0.284 e. The molecule has 3 aromatic rings. The lowest BCUT2D eigenvalue weighted by atomic mass is 10.1. The van der Waals surface area contributed by atoms with Crippen LogP contribution in [0.1, 0.15) is 12.7 Å². The van der Waals surface area contributed by atoms with Crippen molar-refractivity contribution in [3.63, 3.8) is 0 Å². The molecule has 2 heterocycles. The first-order chi connectivity index (χ1) is 14.9. The third-order valence-corrected chi connectivity index (χ3v) is 4.93. The van der Waals surface area contributed by atoms with Crippen LogP contribution < -0.4 is 9.75 Å². The summed E-state index contributed by atoms with van der Waals surface area (Å²) in [5.41, 5.74) is 1.58. The molecule has 1 amide bonds. The van der Waals surface area contributed by atoms with Crippen LogP contribution in [0.3, 0.4) is 0 Å². The van der Waals surface area contributed by atoms with Crippen molar-refractivity contribution in [2.45, 2.75) is 6.92 Å². The number of amides is 1. The number of methoxy groups -OCH3 is 1. The number of carbonyl (C=O) groups excluding carboxylic acids is 1. The Labute approximate surface area is 182 Å². The molecule has 0 bridgehead atoms. The van der Waals surface area contributed by atoms with Crippen LogP contribution in [0.4, 0.5) is 11.4 Å². The van der Waals surface area contributed by atoms with Gasteiger partial charge in [-0.05, 0) is 55.5 Å². The van der Waals surface area contributed by atoms with Crippen LogP contribution in [-0.2, 0) is 4.79 Å². The van der Waals surface area contributed by atoms with Crippen molar-refractivity contribution in [1.29, 1.82) is 0 Å². The van der Waals surface area contributed by atoms with Gasteiger partial charge in [0.1, 0.15) is 17.3 Å². The van der Waals surface area contributed by atoms with Crippen LogP contribution in [-0.4, -0.2) is 23.7 Å². The van der Waals surface area contributed by atoms with Crippen LogP contribution in [0.2, 0.25) is 5.02 Å². The Balaban J connectivity index is 1.66. The van der Waals surface area contributed by atoms with Crippen LogP contribution in [0.25, 0.3) is 17.4 Å². The van der Waals surface area contributed by atoms with Crippen LogP contribution >= 0.6 is 11.6 Å². The molecule has 1 aliphatic heterocycles. The van der Waals surface area contributed by atoms with Gasteiger partial charge in [0.2, 0.25) is 0 Å². The van der Waals surface area contributed by atoms with E-state index in [9.17, 15) is 14.9 Å². The van der Waals surface area contributed by atoms with Crippen molar-refractivity contribution in [2.75, 3.05) is 12.1 Å². The minimum Gasteiger partial charge on any atom is -0.497 e. The average molecular weight is 438 g/mol. The summed E-state index contributed by atoms with van der Waals surface area (Å²) in [6.07, 6.45) is 1.56. The van der Waals surface area contributed by atoms with Gasteiger partial charge in [0.15, 0.2) is 0 Å². The third-order valence-electron chi connectivity index (χ3n) is 4.70. The molecule has 0 N–H and O–H groups in total. The number of hydrogen-bond acceptors (Lipinski definition) is 6. The number of hydrazone groups is 1. The largest absolute Gasteiger partial charge is 0.497 e. The van der Waals surface area contributed by atoms with Crippen molar-refractivity contribution >= 4 is 40.7 Å². The Morgan fingerprint density at radius 1 is 1.19 bits per heavy atom. The van der Waals surface area contributed by atoms with Crippen molar-refractivity contribution in [3.8, 4) is 17.1 Å². The van der Waals surface area contributed by atoms with Crippen molar-refractivity contribution in [2.24, 2.45) is 5.10 Å². The van der Waals surface area contributed by atoms with E-state index in [1.54, 1.807) is 61.5 Å². The molecule has 2 aromatic carbocycles. The van der Waals surface area contributed by atoms with Gasteiger partial charge in [-0.3, -0.25) is 14.9 Å². The summed E-state index contributed by atoms with van der Waals surface area (Å²) in [6, 6.07) is 14.6. The number of nitrogens with zero attached hydrogens (tertiary/aromatic N) is 3. The Morgan fingerprint density at radius 3 is 2.71 bits per heavy atom. The Kier molecular flexibility index (Phi) is 5.31. The molecular weight excluding hydrogens is 422 g/mol. The van der Waals surface area contributed by atoms with Crippen LogP contribution in [0.15, 0.2) is 69.7 Å². The standard InChI is InChI=1S/C22H16ClN3O5/c1-13-19(22(27)25(24-13)15-5-3-4-14(23)10-15)11-17-7-9-21(31-17)18-8-6-16(30-2)12-20(18)26(28)29/h3-12H,1-2H3/b19-11-. The zero-order chi connectivity index (χ0) is 22.1. The third kappa shape index (κ3) is 3.93. The summed E-state index contributed by atoms with van der Waals surface area (Å²) in [4.78, 5) is 23.8. The Bertz CT molecular complexity index is 1260. The highest BCUT2D eigenvalue weighted by Gasteiger charge is 2.29. The number of rotatable bonds is 5. The van der Waals surface area contributed by atoms with Crippen LogP contribution in [0, 0.1) is 10.1 Å². The summed E-state index contributed by atoms with van der Waals surface area (Å²) in [5, 5.41) is 17.5. The molecule has 4 rings (SSSR count). The van der Waals surface area contributed by atoms with Gasteiger partial charge in [0, 0.05) is 5.02 Å². The summed E-state index contributed by atoms with van der Waals surface area (Å²) in [5.74, 6) is 0.709. The van der Waals surface area contributed by atoms with E-state index in [-0.39, 0.29) is 11.6 Å². The molecule has 31 heavy (non-hydrogen) atoms. The molecule has 0 saturated carbocycles. The molecule has 0 radical (unpaired) electrons. The quantitative estimate of drug-likeness (QED) is 0.305. The van der Waals surface area contributed by atoms with E-state index >= 15 is 0 Å². The number of carbonyl (C=O) groups is 1. The number of nitro benzene ring substituents is 1. The van der Waals surface area contributed by atoms with Gasteiger partial charge >= 0.3 is 0 Å². The number of hydrogen-bond donors (Lipinski definition) is 0. The smallest absolute Gasteiger partial charge is 0.284 e. The van der Waals surface area contributed by atoms with E-state index in [4.69, 9.17) is 20.8 Å². The van der Waals surface area contributed by atoms with Gasteiger partial charge in [-0.2, -0.15) is 10.1 Å². The van der Waals surface area contributed by atoms with E-state index in [1.807, 2.05) is 0 Å². The number of anilines is 1. The molecule has 156 valence electrons. The summed E-state index contributed by atoms with van der Waals surface area (Å²) >= 11 is 6.02. The summed E-state index contributed by atoms with van der Waals surface area (Å²) in [6.45, 7) is 1.71. The molecular formula is C22H16ClN3O5. The zero-order valence-electron chi connectivity index (χ0n) is 16.5. The SMILES string of the molecule is COc1ccc(-c2ccc(/C=C3\C(=O)N(c4cccc(Cl)c4)N=C3C)o2)c([N+](=O)[O-])c1. The molecule has 0 spiro atoms. The van der Waals surface area contributed by atoms with Gasteiger partial charge in [-0.25, -0.2) is 0 Å². The van der Waals surface area contributed by atoms with Crippen molar-refractivity contribution < 1.29 is 18.9 Å². The second-order valence-corrected chi connectivity index (χ2v) is 7.12. The molecule has 0 unspecified atom stereocenters. The molecule has 0 fully saturated rings. The van der Waals surface area contributed by atoms with Gasteiger partial charge in [-0.15, -0.1) is 0 Å². The summed E-state index contributed by atoms with van der Waals surface area (Å²) < 4.78 is 10.8. The molecule has 1 aliphatic rings. The molecule has 9 heteroatoms. The highest BCUT2D eigenvalue weighted by molar-refractivity contribution is 6.33. The van der Waals surface area contributed by atoms with Gasteiger partial charge in [0.05, 0.1) is 40.6 Å². The number of furan rings is 1. The van der Waals surface area contributed by atoms with Crippen LogP contribution in [0.5, 0.6) is 5.75 Å². The lowest BCUT2D eigenvalue weighted by molar-refractivity contribution is -0.384. The molecule has 0 atom stereocenters. The highest BCUT2D eigenvalue weighted by atomic mass is 35.5. The molecule has 1 aromatic heterocycles. The fraction of sp³-hybridized carbons (Fsp3) is 0.0909. The number of ether oxygens (including phenoxy) is 1. The number of benzene rings is 2. The van der Waals surface area contributed by atoms with Gasteiger partial charge in [0.25, 0.3) is 11.6 Å². The minimum atomic E-state index is -0.501. The second-order valence-electron chi connectivity index (χ2n) is 6.68. The fourth-order valence-electron chi connectivity index (χ4n) is 3.18. The maximum atomic E-state index is 12.9. The lowest BCUT2D eigenvalue weighted by Gasteiger charge is -2.11. The predicted octanol–water partition coefficient (Wildman–Crippen LogP) is 5.32. The first-order valence-corrected chi connectivity index (χ1v) is 9.55. The fourth-order valence-corrected chi connectivity index (χ4v) is 3.37. The lowest BCUT2D eigenvalue weighted by Crippen LogP contribution is -2.21. The Morgan fingerprint density at radius 2 is 2.00 bits per heavy atom. The second kappa shape index (κ2) is 8.08. The zero-order valence-corrected chi connectivity index (χ0v) is 17.3. The maximum absolute atomic E-state index is 12.9. The summed E-state index contributed by atoms with van der Waals surface area (Å²) in [7, 11) is 1.44. The number of halogens is 1. The molecule has 0 saturated heterocycles. The number of nitro groups is 1. The minimum absolute atomic E-state index is 0.144. The van der Waals surface area contributed by atoms with Crippen molar-refractivity contribution in [3.05, 3.63) is 81.1 Å². The van der Waals surface area contributed by atoms with Gasteiger partial charge < -0.3 is 9.15 Å². The first kappa shape index (κ1) is 20.4. The molecule has 0 aliphatic carbocycles. The van der Waals surface area contributed by atoms with Gasteiger partial charge in [-0.1, -0.05) is 17.7 Å². The monoisotopic (exact) mass is 437 g/mol. The van der Waals surface area contributed by atoms with E-state index in [1.165, 1.54) is 18.2 Å². The first-order valence-electron chi connectivity index (χ1n) is 9.17. The highest BCUT2D eigenvalue weighted by Crippen LogP contribution is 2.35. The van der Waals surface area contributed by atoms with E-state index in [0.717, 1.165) is 0 Å². The average Bonchev–Trinajstić information content (AvgIpc) is 3.33. The van der Waals surface area contributed by atoms with E-state index in [0.29, 0.717) is 44.8 Å². The van der Waals surface area contributed by atoms with Crippen molar-refractivity contribution in [1.82, 2.24) is 0 Å². The van der Waals surface area contributed by atoms with E-state index < -0.39 is 4.92 Å². The van der Waals surface area contributed by atoms with E-state index in [2.05, 4.69) is 5.10 Å². The predicted molar refractivity (Wildman–Crippen MR) is 117 cm³/mol.